The first-order valence-corrected chi connectivity index (χ1v) is 10.0. The summed E-state index contributed by atoms with van der Waals surface area (Å²) in [6, 6.07) is 6.33. The lowest BCUT2D eigenvalue weighted by atomic mass is 9.95. The minimum Gasteiger partial charge on any atom is -0.381 e. The molecule has 1 amide bonds. The normalized spacial score (nSPS) is 19.7. The van der Waals surface area contributed by atoms with Crippen LogP contribution in [0.25, 0.3) is 10.9 Å². The minimum absolute atomic E-state index is 0.0916. The predicted octanol–water partition coefficient (Wildman–Crippen LogP) is 2.90. The number of nitrogens with one attached hydrogen (secondary N) is 1. The van der Waals surface area contributed by atoms with Crippen LogP contribution in [0.4, 0.5) is 5.82 Å². The maximum atomic E-state index is 12.6. The summed E-state index contributed by atoms with van der Waals surface area (Å²) in [4.78, 5) is 23.7. The highest BCUT2D eigenvalue weighted by atomic mass is 79.9. The third kappa shape index (κ3) is 3.83. The molecule has 1 aromatic heterocycles. The molecule has 6 nitrogen and oxygen atoms in total. The Morgan fingerprint density at radius 1 is 1.15 bits per heavy atom. The van der Waals surface area contributed by atoms with E-state index in [1.165, 1.54) is 0 Å². The quantitative estimate of drug-likeness (QED) is 0.829. The Kier molecular flexibility index (Phi) is 5.36. The van der Waals surface area contributed by atoms with E-state index in [0.717, 1.165) is 73.2 Å². The molecule has 2 aliphatic heterocycles. The smallest absolute Gasteiger partial charge is 0.223 e. The van der Waals surface area contributed by atoms with Gasteiger partial charge < -0.3 is 15.0 Å². The molecule has 7 heteroatoms. The predicted molar refractivity (Wildman–Crippen MR) is 104 cm³/mol. The number of hydrogen-bond donors (Lipinski definition) is 1. The average Bonchev–Trinajstić information content (AvgIpc) is 2.68. The summed E-state index contributed by atoms with van der Waals surface area (Å²) in [6.07, 6.45) is 5.18. The molecule has 0 atom stereocenters. The topological polar surface area (TPSA) is 67.3 Å². The van der Waals surface area contributed by atoms with Crippen molar-refractivity contribution in [1.82, 2.24) is 15.3 Å². The molecule has 2 aromatic rings. The molecule has 4 rings (SSSR count). The zero-order valence-electron chi connectivity index (χ0n) is 14.7. The number of benzene rings is 1. The van der Waals surface area contributed by atoms with Gasteiger partial charge in [0, 0.05) is 48.1 Å². The second kappa shape index (κ2) is 7.88. The van der Waals surface area contributed by atoms with Crippen LogP contribution >= 0.6 is 15.9 Å². The first kappa shape index (κ1) is 17.7. The molecular weight excluding hydrogens is 396 g/mol. The summed E-state index contributed by atoms with van der Waals surface area (Å²) in [7, 11) is 0. The molecule has 0 bridgehead atoms. The molecule has 2 fully saturated rings. The Balaban J connectivity index is 1.40. The van der Waals surface area contributed by atoms with E-state index in [2.05, 4.69) is 42.2 Å². The van der Waals surface area contributed by atoms with Crippen molar-refractivity contribution in [1.29, 1.82) is 0 Å². The van der Waals surface area contributed by atoms with Gasteiger partial charge in [0.2, 0.25) is 5.91 Å². The third-order valence-corrected chi connectivity index (χ3v) is 5.80. The van der Waals surface area contributed by atoms with Gasteiger partial charge in [-0.15, -0.1) is 0 Å². The van der Waals surface area contributed by atoms with Crippen LogP contribution in [-0.4, -0.2) is 48.2 Å². The minimum atomic E-state index is 0.0916. The third-order valence-electron chi connectivity index (χ3n) is 5.31. The van der Waals surface area contributed by atoms with Crippen molar-refractivity contribution >= 4 is 38.6 Å². The van der Waals surface area contributed by atoms with E-state index in [9.17, 15) is 4.79 Å². The van der Waals surface area contributed by atoms with Crippen molar-refractivity contribution in [3.63, 3.8) is 0 Å². The molecule has 1 aromatic carbocycles. The van der Waals surface area contributed by atoms with Gasteiger partial charge in [0.25, 0.3) is 0 Å². The number of ether oxygens (including phenoxy) is 1. The van der Waals surface area contributed by atoms with E-state index in [1.54, 1.807) is 6.33 Å². The number of halogens is 1. The van der Waals surface area contributed by atoms with Gasteiger partial charge in [-0.3, -0.25) is 4.79 Å². The monoisotopic (exact) mass is 418 g/mol. The van der Waals surface area contributed by atoms with Gasteiger partial charge in [-0.25, -0.2) is 9.97 Å². The highest BCUT2D eigenvalue weighted by Crippen LogP contribution is 2.29. The molecule has 2 saturated heterocycles. The number of piperidine rings is 1. The van der Waals surface area contributed by atoms with Crippen molar-refractivity contribution in [3.05, 3.63) is 29.0 Å². The first-order chi connectivity index (χ1) is 12.7. The van der Waals surface area contributed by atoms with Crippen LogP contribution in [0.1, 0.15) is 25.7 Å². The number of anilines is 1. The molecule has 0 saturated carbocycles. The molecule has 0 spiro atoms. The van der Waals surface area contributed by atoms with Crippen LogP contribution in [0.3, 0.4) is 0 Å². The molecule has 3 heterocycles. The SMILES string of the molecule is O=C(NC1CCOCC1)C1CCN(c2ncnc3ccc(Br)cc23)CC1. The van der Waals surface area contributed by atoms with Crippen molar-refractivity contribution in [2.24, 2.45) is 5.92 Å². The Bertz CT molecular complexity index is 786. The lowest BCUT2D eigenvalue weighted by Gasteiger charge is -2.33. The van der Waals surface area contributed by atoms with Gasteiger partial charge in [0.05, 0.1) is 5.52 Å². The zero-order chi connectivity index (χ0) is 17.9. The highest BCUT2D eigenvalue weighted by molar-refractivity contribution is 9.10. The van der Waals surface area contributed by atoms with Crippen LogP contribution in [0, 0.1) is 5.92 Å². The van der Waals surface area contributed by atoms with Gasteiger partial charge in [0.1, 0.15) is 12.1 Å². The van der Waals surface area contributed by atoms with Crippen molar-refractivity contribution < 1.29 is 9.53 Å². The summed E-state index contributed by atoms with van der Waals surface area (Å²) in [5, 5.41) is 4.26. The standard InChI is InChI=1S/C19H23BrN4O2/c20-14-1-2-17-16(11-14)18(22-12-21-17)24-7-3-13(4-8-24)19(25)23-15-5-9-26-10-6-15/h1-2,11-13,15H,3-10H2,(H,23,25). The summed E-state index contributed by atoms with van der Waals surface area (Å²) in [5.74, 6) is 1.25. The summed E-state index contributed by atoms with van der Waals surface area (Å²) in [5.41, 5.74) is 0.942. The molecule has 1 N–H and O–H groups in total. The maximum absolute atomic E-state index is 12.6. The number of carbonyl (C=O) groups excluding carboxylic acids is 1. The van der Waals surface area contributed by atoms with E-state index in [0.29, 0.717) is 0 Å². The van der Waals surface area contributed by atoms with Crippen molar-refractivity contribution in [2.75, 3.05) is 31.2 Å². The second-order valence-electron chi connectivity index (χ2n) is 7.02. The number of amides is 1. The molecule has 0 unspecified atom stereocenters. The number of aromatic nitrogens is 2. The number of nitrogens with zero attached hydrogens (tertiary/aromatic N) is 3. The van der Waals surface area contributed by atoms with Crippen LogP contribution in [0.15, 0.2) is 29.0 Å². The van der Waals surface area contributed by atoms with Gasteiger partial charge >= 0.3 is 0 Å². The van der Waals surface area contributed by atoms with E-state index in [1.807, 2.05) is 12.1 Å². The molecule has 26 heavy (non-hydrogen) atoms. The second-order valence-corrected chi connectivity index (χ2v) is 7.93. The molecule has 138 valence electrons. The summed E-state index contributed by atoms with van der Waals surface area (Å²) >= 11 is 3.53. The van der Waals surface area contributed by atoms with Gasteiger partial charge in [-0.05, 0) is 43.9 Å². The molecular formula is C19H23BrN4O2. The number of rotatable bonds is 3. The Morgan fingerprint density at radius 2 is 1.92 bits per heavy atom. The van der Waals surface area contributed by atoms with Crippen LogP contribution < -0.4 is 10.2 Å². The fourth-order valence-electron chi connectivity index (χ4n) is 3.78. The molecule has 2 aliphatic rings. The summed E-state index contributed by atoms with van der Waals surface area (Å²) < 4.78 is 6.38. The molecule has 0 radical (unpaired) electrons. The van der Waals surface area contributed by atoms with Gasteiger partial charge in [0.15, 0.2) is 0 Å². The first-order valence-electron chi connectivity index (χ1n) is 9.24. The highest BCUT2D eigenvalue weighted by Gasteiger charge is 2.28. The van der Waals surface area contributed by atoms with Gasteiger partial charge in [-0.1, -0.05) is 15.9 Å². The van der Waals surface area contributed by atoms with Crippen molar-refractivity contribution in [2.45, 2.75) is 31.7 Å². The Hall–Kier alpha value is -1.73. The average molecular weight is 419 g/mol. The van der Waals surface area contributed by atoms with Gasteiger partial charge in [-0.2, -0.15) is 0 Å². The Labute approximate surface area is 161 Å². The van der Waals surface area contributed by atoms with Crippen molar-refractivity contribution in [3.8, 4) is 0 Å². The summed E-state index contributed by atoms with van der Waals surface area (Å²) in [6.45, 7) is 3.18. The zero-order valence-corrected chi connectivity index (χ0v) is 16.2. The fourth-order valence-corrected chi connectivity index (χ4v) is 4.14. The van der Waals surface area contributed by atoms with E-state index in [4.69, 9.17) is 4.74 Å². The lowest BCUT2D eigenvalue weighted by Crippen LogP contribution is -2.45. The number of hydrogen-bond acceptors (Lipinski definition) is 5. The van der Waals surface area contributed by atoms with Crippen LogP contribution in [-0.2, 0) is 9.53 Å². The fraction of sp³-hybridized carbons (Fsp3) is 0.526. The maximum Gasteiger partial charge on any atom is 0.223 e. The van der Waals surface area contributed by atoms with E-state index in [-0.39, 0.29) is 17.9 Å². The number of fused-ring (bicyclic) bond motifs is 1. The van der Waals surface area contributed by atoms with E-state index < -0.39 is 0 Å². The Morgan fingerprint density at radius 3 is 2.69 bits per heavy atom. The molecule has 0 aliphatic carbocycles. The van der Waals surface area contributed by atoms with Crippen LogP contribution in [0.5, 0.6) is 0 Å². The lowest BCUT2D eigenvalue weighted by molar-refractivity contribution is -0.126. The number of carbonyl (C=O) groups is 1. The largest absolute Gasteiger partial charge is 0.381 e. The van der Waals surface area contributed by atoms with Crippen LogP contribution in [0.2, 0.25) is 0 Å². The van der Waals surface area contributed by atoms with E-state index >= 15 is 0 Å².